The number of carbonyl (C=O) groups is 3. The largest absolute Gasteiger partial charge is 0.416 e. The van der Waals surface area contributed by atoms with Crippen LogP contribution in [0.2, 0.25) is 0 Å². The summed E-state index contributed by atoms with van der Waals surface area (Å²) in [5.74, 6) is -1.15. The third-order valence-electron chi connectivity index (χ3n) is 7.03. The molecule has 1 heterocycles. The van der Waals surface area contributed by atoms with Crippen LogP contribution in [0.1, 0.15) is 58.4 Å². The predicted molar refractivity (Wildman–Crippen MR) is 132 cm³/mol. The van der Waals surface area contributed by atoms with Crippen molar-refractivity contribution in [3.8, 4) is 0 Å². The van der Waals surface area contributed by atoms with Crippen LogP contribution in [0.3, 0.4) is 0 Å². The third-order valence-corrected chi connectivity index (χ3v) is 7.03. The van der Waals surface area contributed by atoms with Gasteiger partial charge in [-0.25, -0.2) is 0 Å². The van der Waals surface area contributed by atoms with E-state index in [-0.39, 0.29) is 36.0 Å². The Morgan fingerprint density at radius 2 is 1.51 bits per heavy atom. The summed E-state index contributed by atoms with van der Waals surface area (Å²) in [6.45, 7) is 1.25. The molecule has 2 aromatic carbocycles. The van der Waals surface area contributed by atoms with Crippen molar-refractivity contribution in [1.29, 1.82) is 0 Å². The van der Waals surface area contributed by atoms with Gasteiger partial charge in [0.05, 0.1) is 12.1 Å². The second-order valence-corrected chi connectivity index (χ2v) is 9.65. The van der Waals surface area contributed by atoms with Gasteiger partial charge in [-0.1, -0.05) is 24.3 Å². The predicted octanol–water partition coefficient (Wildman–Crippen LogP) is 3.37. The molecular formula is C27H31F3N4O3. The number of nitrogens with zero attached hydrogens (tertiary/aromatic N) is 1. The number of halogens is 3. The Morgan fingerprint density at radius 1 is 0.811 bits per heavy atom. The summed E-state index contributed by atoms with van der Waals surface area (Å²) in [5, 5.41) is 8.42. The molecule has 0 spiro atoms. The monoisotopic (exact) mass is 516 g/mol. The van der Waals surface area contributed by atoms with E-state index in [1.807, 2.05) is 18.2 Å². The third kappa shape index (κ3) is 7.31. The fraction of sp³-hybridized carbons (Fsp3) is 0.444. The highest BCUT2D eigenvalue weighted by Gasteiger charge is 2.33. The van der Waals surface area contributed by atoms with E-state index in [4.69, 9.17) is 0 Å². The molecular weight excluding hydrogens is 485 g/mol. The fourth-order valence-corrected chi connectivity index (χ4v) is 5.06. The molecule has 7 nitrogen and oxygen atoms in total. The Morgan fingerprint density at radius 3 is 2.22 bits per heavy atom. The van der Waals surface area contributed by atoms with E-state index in [9.17, 15) is 27.6 Å². The van der Waals surface area contributed by atoms with Crippen LogP contribution in [0.25, 0.3) is 0 Å². The molecule has 2 fully saturated rings. The van der Waals surface area contributed by atoms with Gasteiger partial charge >= 0.3 is 6.18 Å². The molecule has 3 amide bonds. The van der Waals surface area contributed by atoms with Crippen molar-refractivity contribution < 1.29 is 27.6 Å². The molecule has 0 radical (unpaired) electrons. The smallest absolute Gasteiger partial charge is 0.350 e. The molecule has 37 heavy (non-hydrogen) atoms. The average Bonchev–Trinajstić information content (AvgIpc) is 3.36. The molecule has 0 aromatic heterocycles. The number of alkyl halides is 3. The summed E-state index contributed by atoms with van der Waals surface area (Å²) in [5.41, 5.74) is -0.401. The van der Waals surface area contributed by atoms with Gasteiger partial charge in [-0.2, -0.15) is 13.2 Å². The Balaban J connectivity index is 1.16. The van der Waals surface area contributed by atoms with Crippen LogP contribution in [-0.2, 0) is 11.0 Å². The summed E-state index contributed by atoms with van der Waals surface area (Å²) < 4.78 is 38.6. The molecule has 2 aliphatic rings. The number of hydrogen-bond donors (Lipinski definition) is 3. The maximum Gasteiger partial charge on any atom is 0.416 e. The van der Waals surface area contributed by atoms with E-state index >= 15 is 0 Å². The summed E-state index contributed by atoms with van der Waals surface area (Å²) in [7, 11) is 0. The van der Waals surface area contributed by atoms with Gasteiger partial charge in [-0.15, -0.1) is 0 Å². The van der Waals surface area contributed by atoms with E-state index in [2.05, 4.69) is 20.9 Å². The first-order chi connectivity index (χ1) is 17.7. The number of rotatable bonds is 7. The van der Waals surface area contributed by atoms with Crippen molar-refractivity contribution in [1.82, 2.24) is 20.9 Å². The van der Waals surface area contributed by atoms with Crippen LogP contribution in [0.5, 0.6) is 0 Å². The molecule has 0 unspecified atom stereocenters. The van der Waals surface area contributed by atoms with Crippen LogP contribution in [-0.4, -0.2) is 60.4 Å². The normalized spacial score (nSPS) is 22.3. The first kappa shape index (κ1) is 26.7. The highest BCUT2D eigenvalue weighted by atomic mass is 19.4. The standard InChI is InChI=1S/C27H31F3N4O3/c28-27(29,30)20-8-4-7-19(15-20)25(36)31-16-24(35)32-22-13-14-34(17-22)23-11-9-21(10-12-23)33-26(37)18-5-2-1-3-6-18/h1-8,15,21-23H,9-14,16-17H2,(H,31,36)(H,32,35)(H,33,37)/t21?,22-,23?/m1/s1. The van der Waals surface area contributed by atoms with Gasteiger partial charge < -0.3 is 16.0 Å². The zero-order chi connectivity index (χ0) is 26.4. The second kappa shape index (κ2) is 11.8. The zero-order valence-corrected chi connectivity index (χ0v) is 20.4. The lowest BCUT2D eigenvalue weighted by molar-refractivity contribution is -0.137. The summed E-state index contributed by atoms with van der Waals surface area (Å²) in [6.07, 6.45) is -0.0209. The van der Waals surface area contributed by atoms with E-state index in [0.29, 0.717) is 18.2 Å². The van der Waals surface area contributed by atoms with Gasteiger partial charge in [0.25, 0.3) is 11.8 Å². The molecule has 198 valence electrons. The molecule has 1 saturated heterocycles. The molecule has 2 aromatic rings. The molecule has 1 aliphatic carbocycles. The van der Waals surface area contributed by atoms with Crippen molar-refractivity contribution in [2.24, 2.45) is 0 Å². The van der Waals surface area contributed by atoms with Crippen molar-refractivity contribution >= 4 is 17.7 Å². The minimum absolute atomic E-state index is 0.0477. The Labute approximate surface area is 213 Å². The number of nitrogens with one attached hydrogen (secondary N) is 3. The SMILES string of the molecule is O=C(CNC(=O)c1cccc(C(F)(F)F)c1)N[C@@H]1CCN(C2CCC(NC(=O)c3ccccc3)CC2)C1. The van der Waals surface area contributed by atoms with Crippen LogP contribution < -0.4 is 16.0 Å². The van der Waals surface area contributed by atoms with Gasteiger partial charge in [-0.05, 0) is 62.4 Å². The molecule has 0 bridgehead atoms. The maximum atomic E-state index is 12.9. The van der Waals surface area contributed by atoms with Crippen LogP contribution in [0.4, 0.5) is 13.2 Å². The first-order valence-electron chi connectivity index (χ1n) is 12.5. The van der Waals surface area contributed by atoms with Crippen molar-refractivity contribution in [3.63, 3.8) is 0 Å². The highest BCUT2D eigenvalue weighted by Crippen LogP contribution is 2.29. The van der Waals surface area contributed by atoms with Crippen molar-refractivity contribution in [3.05, 3.63) is 71.3 Å². The minimum atomic E-state index is -4.54. The lowest BCUT2D eigenvalue weighted by Gasteiger charge is -2.35. The fourth-order valence-electron chi connectivity index (χ4n) is 5.06. The Bertz CT molecular complexity index is 1100. The van der Waals surface area contributed by atoms with E-state index < -0.39 is 17.6 Å². The topological polar surface area (TPSA) is 90.5 Å². The Kier molecular flexibility index (Phi) is 8.48. The summed E-state index contributed by atoms with van der Waals surface area (Å²) in [6, 6.07) is 13.8. The van der Waals surface area contributed by atoms with Gasteiger partial charge in [-0.3, -0.25) is 19.3 Å². The van der Waals surface area contributed by atoms with Crippen LogP contribution >= 0.6 is 0 Å². The van der Waals surface area contributed by atoms with E-state index in [1.54, 1.807) is 12.1 Å². The highest BCUT2D eigenvalue weighted by molar-refractivity contribution is 5.96. The van der Waals surface area contributed by atoms with Gasteiger partial charge in [0.15, 0.2) is 0 Å². The minimum Gasteiger partial charge on any atom is -0.350 e. The molecule has 10 heteroatoms. The molecule has 3 N–H and O–H groups in total. The average molecular weight is 517 g/mol. The number of benzene rings is 2. The van der Waals surface area contributed by atoms with Gasteiger partial charge in [0.2, 0.25) is 5.91 Å². The van der Waals surface area contributed by atoms with E-state index in [1.165, 1.54) is 6.07 Å². The quantitative estimate of drug-likeness (QED) is 0.527. The summed E-state index contributed by atoms with van der Waals surface area (Å²) >= 11 is 0. The maximum absolute atomic E-state index is 12.9. The molecule has 1 aliphatic heterocycles. The second-order valence-electron chi connectivity index (χ2n) is 9.65. The lowest BCUT2D eigenvalue weighted by Crippen LogP contribution is -2.46. The lowest BCUT2D eigenvalue weighted by atomic mass is 9.90. The molecule has 1 atom stereocenters. The van der Waals surface area contributed by atoms with Gasteiger partial charge in [0.1, 0.15) is 0 Å². The van der Waals surface area contributed by atoms with Crippen molar-refractivity contribution in [2.45, 2.75) is 56.4 Å². The Hall–Kier alpha value is -3.40. The zero-order valence-electron chi connectivity index (χ0n) is 20.4. The number of likely N-dealkylation sites (tertiary alicyclic amines) is 1. The number of amides is 3. The van der Waals surface area contributed by atoms with E-state index in [0.717, 1.165) is 56.8 Å². The summed E-state index contributed by atoms with van der Waals surface area (Å²) in [4.78, 5) is 39.3. The first-order valence-corrected chi connectivity index (χ1v) is 12.5. The van der Waals surface area contributed by atoms with Crippen molar-refractivity contribution in [2.75, 3.05) is 19.6 Å². The molecule has 1 saturated carbocycles. The number of carbonyl (C=O) groups excluding carboxylic acids is 3. The van der Waals surface area contributed by atoms with Crippen LogP contribution in [0.15, 0.2) is 54.6 Å². The number of hydrogen-bond acceptors (Lipinski definition) is 4. The van der Waals surface area contributed by atoms with Crippen LogP contribution in [0, 0.1) is 0 Å². The molecule has 4 rings (SSSR count). The van der Waals surface area contributed by atoms with Gasteiger partial charge in [0, 0.05) is 42.3 Å².